The zero-order chi connectivity index (χ0) is 19.2. The smallest absolute Gasteiger partial charge is 0.311 e. The van der Waals surface area contributed by atoms with Crippen LogP contribution in [0, 0.1) is 6.92 Å². The van der Waals surface area contributed by atoms with Crippen LogP contribution in [0.2, 0.25) is 0 Å². The number of carbonyl (C=O) groups excluding carboxylic acids is 1. The fourth-order valence-corrected chi connectivity index (χ4v) is 4.05. The maximum Gasteiger partial charge on any atom is 0.311 e. The molecule has 0 spiro atoms. The van der Waals surface area contributed by atoms with E-state index in [1.807, 2.05) is 18.4 Å². The molecule has 0 radical (unpaired) electrons. The molecule has 1 aliphatic carbocycles. The van der Waals surface area contributed by atoms with E-state index in [1.54, 1.807) is 6.92 Å². The normalized spacial score (nSPS) is 14.9. The zero-order valence-corrected chi connectivity index (χ0v) is 16.7. The van der Waals surface area contributed by atoms with E-state index in [4.69, 9.17) is 4.74 Å². The molecule has 0 saturated heterocycles. The molecule has 144 valence electrons. The van der Waals surface area contributed by atoms with Crippen molar-refractivity contribution in [1.82, 2.24) is 9.97 Å². The van der Waals surface area contributed by atoms with Crippen molar-refractivity contribution in [3.63, 3.8) is 0 Å². The number of aromatic nitrogens is 2. The summed E-state index contributed by atoms with van der Waals surface area (Å²) < 4.78 is 5.43. The molecule has 1 aromatic heterocycles. The SMILES string of the molecule is CSc1nc(C)c(CCC(=O)Oc2ccc(C3CCCCC3)cc2)c(=O)[nH]1. The van der Waals surface area contributed by atoms with Gasteiger partial charge in [-0.25, -0.2) is 4.98 Å². The molecule has 0 bridgehead atoms. The van der Waals surface area contributed by atoms with E-state index in [1.165, 1.54) is 49.4 Å². The molecular formula is C21H26N2O3S. The molecule has 0 aliphatic heterocycles. The van der Waals surface area contributed by atoms with Gasteiger partial charge >= 0.3 is 5.97 Å². The molecule has 0 atom stereocenters. The van der Waals surface area contributed by atoms with E-state index in [-0.39, 0.29) is 17.9 Å². The predicted octanol–water partition coefficient (Wildman–Crippen LogP) is 4.39. The number of hydrogen-bond acceptors (Lipinski definition) is 5. The van der Waals surface area contributed by atoms with Gasteiger partial charge in [0.25, 0.3) is 5.56 Å². The molecule has 5 nitrogen and oxygen atoms in total. The quantitative estimate of drug-likeness (QED) is 0.345. The van der Waals surface area contributed by atoms with Crippen molar-refractivity contribution in [2.75, 3.05) is 6.26 Å². The minimum absolute atomic E-state index is 0.147. The van der Waals surface area contributed by atoms with E-state index < -0.39 is 0 Å². The van der Waals surface area contributed by atoms with Gasteiger partial charge in [-0.1, -0.05) is 43.2 Å². The maximum atomic E-state index is 12.2. The fraction of sp³-hybridized carbons (Fsp3) is 0.476. The van der Waals surface area contributed by atoms with Gasteiger partial charge in [0.1, 0.15) is 5.75 Å². The number of carbonyl (C=O) groups is 1. The summed E-state index contributed by atoms with van der Waals surface area (Å²) in [5.41, 5.74) is 2.35. The van der Waals surface area contributed by atoms with Crippen LogP contribution in [-0.4, -0.2) is 22.2 Å². The standard InChI is InChI=1S/C21H26N2O3S/c1-14-18(20(25)23-21(22-14)27-2)12-13-19(24)26-17-10-8-16(9-11-17)15-6-4-3-5-7-15/h8-11,15H,3-7,12-13H2,1-2H3,(H,22,23,25). The maximum absolute atomic E-state index is 12.2. The second kappa shape index (κ2) is 9.22. The van der Waals surface area contributed by atoms with Crippen LogP contribution in [0.25, 0.3) is 0 Å². The number of nitrogens with zero attached hydrogens (tertiary/aromatic N) is 1. The van der Waals surface area contributed by atoms with Crippen LogP contribution in [0.1, 0.15) is 61.3 Å². The lowest BCUT2D eigenvalue weighted by molar-refractivity contribution is -0.134. The van der Waals surface area contributed by atoms with E-state index in [0.717, 1.165) is 0 Å². The first-order chi connectivity index (χ1) is 13.1. The van der Waals surface area contributed by atoms with Crippen molar-refractivity contribution >= 4 is 17.7 Å². The average molecular weight is 387 g/mol. The van der Waals surface area contributed by atoms with Crippen LogP contribution in [0.3, 0.4) is 0 Å². The Kier molecular flexibility index (Phi) is 6.72. The number of aromatic amines is 1. The summed E-state index contributed by atoms with van der Waals surface area (Å²) >= 11 is 1.38. The Hall–Kier alpha value is -2.08. The van der Waals surface area contributed by atoms with Crippen molar-refractivity contribution in [2.45, 2.75) is 62.9 Å². The third-order valence-electron chi connectivity index (χ3n) is 5.16. The van der Waals surface area contributed by atoms with Crippen LogP contribution < -0.4 is 10.3 Å². The first-order valence-corrected chi connectivity index (χ1v) is 10.7. The van der Waals surface area contributed by atoms with Crippen molar-refractivity contribution in [3.8, 4) is 5.75 Å². The van der Waals surface area contributed by atoms with Gasteiger partial charge in [0.15, 0.2) is 5.16 Å². The molecule has 1 aliphatic rings. The first kappa shape index (κ1) is 19.7. The summed E-state index contributed by atoms with van der Waals surface area (Å²) in [5, 5.41) is 0.585. The van der Waals surface area contributed by atoms with Gasteiger partial charge in [-0.15, -0.1) is 0 Å². The number of H-pyrrole nitrogens is 1. The van der Waals surface area contributed by atoms with E-state index in [2.05, 4.69) is 22.1 Å². The predicted molar refractivity (Wildman–Crippen MR) is 108 cm³/mol. The molecule has 6 heteroatoms. The Bertz CT molecular complexity index is 839. The lowest BCUT2D eigenvalue weighted by atomic mass is 9.84. The van der Waals surface area contributed by atoms with Crippen LogP contribution in [0.4, 0.5) is 0 Å². The minimum atomic E-state index is -0.340. The topological polar surface area (TPSA) is 72.0 Å². The number of rotatable bonds is 6. The van der Waals surface area contributed by atoms with Gasteiger partial charge in [0.05, 0.1) is 6.42 Å². The summed E-state index contributed by atoms with van der Waals surface area (Å²) in [6.07, 6.45) is 8.75. The van der Waals surface area contributed by atoms with Crippen molar-refractivity contribution in [1.29, 1.82) is 0 Å². The number of benzene rings is 1. The molecule has 27 heavy (non-hydrogen) atoms. The molecule has 1 saturated carbocycles. The van der Waals surface area contributed by atoms with E-state index in [9.17, 15) is 9.59 Å². The monoisotopic (exact) mass is 386 g/mol. The lowest BCUT2D eigenvalue weighted by Crippen LogP contribution is -2.19. The third kappa shape index (κ3) is 5.22. The van der Waals surface area contributed by atoms with Gasteiger partial charge in [-0.05, 0) is 56.1 Å². The number of ether oxygens (including phenoxy) is 1. The number of nitrogens with one attached hydrogen (secondary N) is 1. The van der Waals surface area contributed by atoms with Gasteiger partial charge in [-0.3, -0.25) is 9.59 Å². The molecule has 1 heterocycles. The van der Waals surface area contributed by atoms with Crippen molar-refractivity contribution in [3.05, 3.63) is 51.4 Å². The Morgan fingerprint density at radius 3 is 2.56 bits per heavy atom. The van der Waals surface area contributed by atoms with Crippen LogP contribution in [0.5, 0.6) is 5.75 Å². The highest BCUT2D eigenvalue weighted by Crippen LogP contribution is 2.33. The highest BCUT2D eigenvalue weighted by atomic mass is 32.2. The van der Waals surface area contributed by atoms with Crippen LogP contribution in [-0.2, 0) is 11.2 Å². The molecule has 2 aromatic rings. The number of thioether (sulfide) groups is 1. The highest BCUT2D eigenvalue weighted by Gasteiger charge is 2.16. The highest BCUT2D eigenvalue weighted by molar-refractivity contribution is 7.98. The fourth-order valence-electron chi connectivity index (χ4n) is 3.63. The van der Waals surface area contributed by atoms with Gasteiger partial charge in [0, 0.05) is 11.3 Å². The number of hydrogen-bond donors (Lipinski definition) is 1. The molecule has 1 fully saturated rings. The van der Waals surface area contributed by atoms with Crippen molar-refractivity contribution < 1.29 is 9.53 Å². The molecular weight excluding hydrogens is 360 g/mol. The first-order valence-electron chi connectivity index (χ1n) is 9.51. The largest absolute Gasteiger partial charge is 0.427 e. The van der Waals surface area contributed by atoms with Crippen LogP contribution >= 0.6 is 11.8 Å². The summed E-state index contributed by atoms with van der Waals surface area (Å²) in [7, 11) is 0. The van der Waals surface area contributed by atoms with Gasteiger partial charge in [0.2, 0.25) is 0 Å². The summed E-state index contributed by atoms with van der Waals surface area (Å²) in [4.78, 5) is 31.3. The Labute approximate surface area is 163 Å². The van der Waals surface area contributed by atoms with Gasteiger partial charge in [-0.2, -0.15) is 0 Å². The van der Waals surface area contributed by atoms with E-state index in [0.29, 0.717) is 34.5 Å². The van der Waals surface area contributed by atoms with Crippen molar-refractivity contribution in [2.24, 2.45) is 0 Å². The zero-order valence-electron chi connectivity index (χ0n) is 15.9. The molecule has 0 unspecified atom stereocenters. The summed E-state index contributed by atoms with van der Waals surface area (Å²) in [6.45, 7) is 1.79. The molecule has 3 rings (SSSR count). The second-order valence-corrected chi connectivity index (χ2v) is 7.81. The third-order valence-corrected chi connectivity index (χ3v) is 5.74. The lowest BCUT2D eigenvalue weighted by Gasteiger charge is -2.22. The number of esters is 1. The van der Waals surface area contributed by atoms with Gasteiger partial charge < -0.3 is 9.72 Å². The second-order valence-electron chi connectivity index (χ2n) is 7.02. The van der Waals surface area contributed by atoms with E-state index >= 15 is 0 Å². The Morgan fingerprint density at radius 2 is 1.93 bits per heavy atom. The summed E-state index contributed by atoms with van der Waals surface area (Å²) in [6, 6.07) is 7.88. The molecule has 1 aromatic carbocycles. The molecule has 0 amide bonds. The Morgan fingerprint density at radius 1 is 1.22 bits per heavy atom. The number of aryl methyl sites for hydroxylation is 1. The minimum Gasteiger partial charge on any atom is -0.427 e. The van der Waals surface area contributed by atoms with Crippen LogP contribution in [0.15, 0.2) is 34.2 Å². The Balaban J connectivity index is 1.56. The average Bonchev–Trinajstić information content (AvgIpc) is 2.68. The molecule has 1 N–H and O–H groups in total. The summed E-state index contributed by atoms with van der Waals surface area (Å²) in [5.74, 6) is 0.851.